The average Bonchev–Trinajstić information content (AvgIpc) is 2.26. The number of thioether (sulfide) groups is 1. The first kappa shape index (κ1) is 17.8. The van der Waals surface area contributed by atoms with Gasteiger partial charge in [0.1, 0.15) is 0 Å². The van der Waals surface area contributed by atoms with Crippen LogP contribution >= 0.6 is 11.8 Å². The molecule has 0 unspecified atom stereocenters. The molecule has 1 N–H and O–H groups in total. The zero-order valence-corrected chi connectivity index (χ0v) is 13.5. The first-order valence-electron chi connectivity index (χ1n) is 6.93. The number of hydrogen-bond donors (Lipinski definition) is 1. The zero-order valence-electron chi connectivity index (χ0n) is 12.7. The van der Waals surface area contributed by atoms with Gasteiger partial charge in [-0.15, -0.1) is 0 Å². The summed E-state index contributed by atoms with van der Waals surface area (Å²) in [5.74, 6) is 0.756. The molecule has 0 aliphatic heterocycles. The normalized spacial score (nSPS) is 13.1. The van der Waals surface area contributed by atoms with E-state index in [-0.39, 0.29) is 5.91 Å². The van der Waals surface area contributed by atoms with Gasteiger partial charge in [-0.3, -0.25) is 9.69 Å². The van der Waals surface area contributed by atoms with E-state index in [4.69, 9.17) is 0 Å². The minimum atomic E-state index is 0.149. The van der Waals surface area contributed by atoms with E-state index >= 15 is 0 Å². The fourth-order valence-electron chi connectivity index (χ4n) is 1.89. The minimum Gasteiger partial charge on any atom is -0.355 e. The Labute approximate surface area is 117 Å². The van der Waals surface area contributed by atoms with Gasteiger partial charge in [0, 0.05) is 18.3 Å². The number of carbonyl (C=O) groups excluding carboxylic acids is 1. The van der Waals surface area contributed by atoms with Gasteiger partial charge in [0.2, 0.25) is 5.91 Å². The number of amides is 1. The third-order valence-electron chi connectivity index (χ3n) is 2.85. The van der Waals surface area contributed by atoms with Crippen molar-refractivity contribution < 1.29 is 4.79 Å². The van der Waals surface area contributed by atoms with Gasteiger partial charge in [0.15, 0.2) is 0 Å². The molecule has 0 aromatic rings. The van der Waals surface area contributed by atoms with Gasteiger partial charge in [-0.05, 0) is 32.1 Å². The molecule has 108 valence electrons. The molecule has 0 aliphatic carbocycles. The Morgan fingerprint density at radius 2 is 1.94 bits per heavy atom. The van der Waals surface area contributed by atoms with Crippen molar-refractivity contribution in [2.45, 2.75) is 45.3 Å². The molecule has 18 heavy (non-hydrogen) atoms. The predicted octanol–water partition coefficient (Wildman–Crippen LogP) is 2.61. The molecule has 1 atom stereocenters. The summed E-state index contributed by atoms with van der Waals surface area (Å²) in [6.45, 7) is 8.89. The number of rotatable bonds is 10. The molecule has 0 heterocycles. The van der Waals surface area contributed by atoms with E-state index in [0.717, 1.165) is 24.8 Å². The average molecular weight is 274 g/mol. The van der Waals surface area contributed by atoms with Gasteiger partial charge in [-0.2, -0.15) is 11.8 Å². The highest BCUT2D eigenvalue weighted by Gasteiger charge is 2.07. The van der Waals surface area contributed by atoms with E-state index in [1.54, 1.807) is 0 Å². The largest absolute Gasteiger partial charge is 0.355 e. The molecule has 3 nitrogen and oxygen atoms in total. The van der Waals surface area contributed by atoms with Gasteiger partial charge < -0.3 is 5.32 Å². The highest BCUT2D eigenvalue weighted by atomic mass is 32.2. The maximum Gasteiger partial charge on any atom is 0.234 e. The van der Waals surface area contributed by atoms with Crippen LogP contribution in [0.5, 0.6) is 0 Å². The summed E-state index contributed by atoms with van der Waals surface area (Å²) in [5.41, 5.74) is 0. The summed E-state index contributed by atoms with van der Waals surface area (Å²) in [5, 5.41) is 3.73. The van der Waals surface area contributed by atoms with Gasteiger partial charge >= 0.3 is 0 Å². The molecular weight excluding hydrogens is 244 g/mol. The molecule has 0 aromatic heterocycles. The summed E-state index contributed by atoms with van der Waals surface area (Å²) < 4.78 is 0. The molecule has 1 amide bonds. The monoisotopic (exact) mass is 274 g/mol. The molecule has 0 aromatic carbocycles. The molecule has 0 aliphatic rings. The summed E-state index contributed by atoms with van der Waals surface area (Å²) in [6.07, 6.45) is 5.68. The summed E-state index contributed by atoms with van der Waals surface area (Å²) in [4.78, 5) is 13.7. The number of nitrogens with zero attached hydrogens (tertiary/aromatic N) is 1. The lowest BCUT2D eigenvalue weighted by Gasteiger charge is -2.18. The molecule has 0 saturated heterocycles. The van der Waals surface area contributed by atoms with Crippen LogP contribution in [0.2, 0.25) is 0 Å². The van der Waals surface area contributed by atoms with Crippen LogP contribution < -0.4 is 5.32 Å². The standard InChI is InChI=1S/C14H30N2OS/c1-12(2)10-16(4)11-14(17)15-9-7-6-8-13(3)18-5/h12-13H,6-11H2,1-5H3,(H,15,17)/t13-/m0/s1. The lowest BCUT2D eigenvalue weighted by Crippen LogP contribution is -2.37. The van der Waals surface area contributed by atoms with Crippen molar-refractivity contribution in [2.24, 2.45) is 5.92 Å². The number of likely N-dealkylation sites (N-methyl/N-ethyl adjacent to an activating group) is 1. The number of unbranched alkanes of at least 4 members (excludes halogenated alkanes) is 1. The third kappa shape index (κ3) is 10.9. The Kier molecular flexibility index (Phi) is 10.5. The second-order valence-electron chi connectivity index (χ2n) is 5.48. The Morgan fingerprint density at radius 3 is 2.50 bits per heavy atom. The maximum absolute atomic E-state index is 11.6. The van der Waals surface area contributed by atoms with Crippen molar-refractivity contribution in [1.29, 1.82) is 0 Å². The fourth-order valence-corrected chi connectivity index (χ4v) is 2.29. The first-order chi connectivity index (χ1) is 8.45. The van der Waals surface area contributed by atoms with Crippen molar-refractivity contribution in [3.63, 3.8) is 0 Å². The van der Waals surface area contributed by atoms with E-state index in [0.29, 0.717) is 12.5 Å². The Hall–Kier alpha value is -0.220. The van der Waals surface area contributed by atoms with Gasteiger partial charge in [-0.1, -0.05) is 27.2 Å². The topological polar surface area (TPSA) is 32.3 Å². The number of carbonyl (C=O) groups is 1. The van der Waals surface area contributed by atoms with Crippen LogP contribution in [0.1, 0.15) is 40.0 Å². The molecule has 4 heteroatoms. The Bertz CT molecular complexity index is 222. The predicted molar refractivity (Wildman–Crippen MR) is 82.2 cm³/mol. The lowest BCUT2D eigenvalue weighted by molar-refractivity contribution is -0.122. The molecular formula is C14H30N2OS. The van der Waals surface area contributed by atoms with Crippen LogP contribution in [-0.2, 0) is 4.79 Å². The van der Waals surface area contributed by atoms with Crippen molar-refractivity contribution in [3.8, 4) is 0 Å². The maximum atomic E-state index is 11.6. The first-order valence-corrected chi connectivity index (χ1v) is 8.22. The zero-order chi connectivity index (χ0) is 14.0. The van der Waals surface area contributed by atoms with E-state index < -0.39 is 0 Å². The van der Waals surface area contributed by atoms with E-state index in [1.165, 1.54) is 12.8 Å². The van der Waals surface area contributed by atoms with Gasteiger partial charge in [-0.25, -0.2) is 0 Å². The van der Waals surface area contributed by atoms with E-state index in [2.05, 4.69) is 37.2 Å². The second kappa shape index (κ2) is 10.7. The smallest absolute Gasteiger partial charge is 0.234 e. The molecule has 0 radical (unpaired) electrons. The number of nitrogens with one attached hydrogen (secondary N) is 1. The van der Waals surface area contributed by atoms with Crippen molar-refractivity contribution in [1.82, 2.24) is 10.2 Å². The summed E-state index contributed by atoms with van der Waals surface area (Å²) in [7, 11) is 2.00. The summed E-state index contributed by atoms with van der Waals surface area (Å²) in [6, 6.07) is 0. The number of hydrogen-bond acceptors (Lipinski definition) is 3. The lowest BCUT2D eigenvalue weighted by atomic mass is 10.2. The fraction of sp³-hybridized carbons (Fsp3) is 0.929. The van der Waals surface area contributed by atoms with Crippen molar-refractivity contribution >= 4 is 17.7 Å². The molecule has 0 fully saturated rings. The Balaban J connectivity index is 3.47. The van der Waals surface area contributed by atoms with E-state index in [1.807, 2.05) is 18.8 Å². The van der Waals surface area contributed by atoms with Crippen molar-refractivity contribution in [2.75, 3.05) is 32.9 Å². The minimum absolute atomic E-state index is 0.149. The highest BCUT2D eigenvalue weighted by molar-refractivity contribution is 7.99. The van der Waals surface area contributed by atoms with Gasteiger partial charge in [0.05, 0.1) is 6.54 Å². The van der Waals surface area contributed by atoms with Crippen LogP contribution in [0.15, 0.2) is 0 Å². The van der Waals surface area contributed by atoms with Crippen LogP contribution in [-0.4, -0.2) is 49.0 Å². The van der Waals surface area contributed by atoms with Crippen LogP contribution in [0.3, 0.4) is 0 Å². The van der Waals surface area contributed by atoms with E-state index in [9.17, 15) is 4.79 Å². The summed E-state index contributed by atoms with van der Waals surface area (Å²) >= 11 is 1.91. The quantitative estimate of drug-likeness (QED) is 0.622. The molecule has 0 rings (SSSR count). The third-order valence-corrected chi connectivity index (χ3v) is 3.89. The van der Waals surface area contributed by atoms with Gasteiger partial charge in [0.25, 0.3) is 0 Å². The second-order valence-corrected chi connectivity index (χ2v) is 6.76. The highest BCUT2D eigenvalue weighted by Crippen LogP contribution is 2.12. The van der Waals surface area contributed by atoms with Crippen LogP contribution in [0.25, 0.3) is 0 Å². The Morgan fingerprint density at radius 1 is 1.28 bits per heavy atom. The van der Waals surface area contributed by atoms with Crippen molar-refractivity contribution in [3.05, 3.63) is 0 Å². The van der Waals surface area contributed by atoms with Crippen LogP contribution in [0.4, 0.5) is 0 Å². The molecule has 0 saturated carbocycles. The van der Waals surface area contributed by atoms with Crippen LogP contribution in [0, 0.1) is 5.92 Å². The molecule has 0 spiro atoms. The SMILES string of the molecule is CS[C@@H](C)CCCCNC(=O)CN(C)CC(C)C. The molecule has 0 bridgehead atoms.